The molecule has 1 N–H and O–H groups in total. The van der Waals surface area contributed by atoms with Crippen LogP contribution in [0.4, 0.5) is 0 Å². The maximum Gasteiger partial charge on any atom is 0.161 e. The number of hydrogen-bond donors (Lipinski definition) is 1. The molecule has 1 aromatic carbocycles. The Labute approximate surface area is 133 Å². The molecule has 0 saturated carbocycles. The average molecular weight is 305 g/mol. The van der Waals surface area contributed by atoms with Crippen LogP contribution in [0.25, 0.3) is 0 Å². The van der Waals surface area contributed by atoms with E-state index in [0.717, 1.165) is 43.9 Å². The topological polar surface area (TPSA) is 39.7 Å². The molecule has 3 rings (SSSR count). The van der Waals surface area contributed by atoms with Crippen molar-refractivity contribution in [1.82, 2.24) is 5.32 Å². The van der Waals surface area contributed by atoms with Crippen LogP contribution in [0.1, 0.15) is 37.7 Å². The van der Waals surface area contributed by atoms with Gasteiger partial charge in [0.05, 0.1) is 13.7 Å². The smallest absolute Gasteiger partial charge is 0.161 e. The van der Waals surface area contributed by atoms with Crippen molar-refractivity contribution in [2.75, 3.05) is 26.9 Å². The summed E-state index contributed by atoms with van der Waals surface area (Å²) in [6.45, 7) is 2.67. The van der Waals surface area contributed by atoms with Gasteiger partial charge in [-0.3, -0.25) is 0 Å². The summed E-state index contributed by atoms with van der Waals surface area (Å²) in [5.74, 6) is 1.66. The molecule has 2 aliphatic rings. The molecule has 2 atom stereocenters. The van der Waals surface area contributed by atoms with E-state index in [2.05, 4.69) is 17.4 Å². The van der Waals surface area contributed by atoms with E-state index in [4.69, 9.17) is 14.2 Å². The summed E-state index contributed by atoms with van der Waals surface area (Å²) in [5.41, 5.74) is 1.31. The van der Waals surface area contributed by atoms with E-state index < -0.39 is 0 Å². The Morgan fingerprint density at radius 1 is 1.18 bits per heavy atom. The van der Waals surface area contributed by atoms with E-state index in [1.807, 2.05) is 6.07 Å². The van der Waals surface area contributed by atoms with Gasteiger partial charge in [-0.2, -0.15) is 0 Å². The van der Waals surface area contributed by atoms with Crippen molar-refractivity contribution in [1.29, 1.82) is 0 Å². The van der Waals surface area contributed by atoms with Gasteiger partial charge in [0.15, 0.2) is 11.5 Å². The first kappa shape index (κ1) is 15.6. The van der Waals surface area contributed by atoms with E-state index in [-0.39, 0.29) is 6.10 Å². The Morgan fingerprint density at radius 3 is 2.86 bits per heavy atom. The predicted molar refractivity (Wildman–Crippen MR) is 86.8 cm³/mol. The fraction of sp³-hybridized carbons (Fsp3) is 0.667. The minimum Gasteiger partial charge on any atom is -0.493 e. The van der Waals surface area contributed by atoms with Gasteiger partial charge in [0.25, 0.3) is 0 Å². The number of hydrogen-bond acceptors (Lipinski definition) is 4. The lowest BCUT2D eigenvalue weighted by Crippen LogP contribution is -2.35. The molecule has 0 aromatic heterocycles. The van der Waals surface area contributed by atoms with Crippen LogP contribution in [-0.4, -0.2) is 39.0 Å². The van der Waals surface area contributed by atoms with Gasteiger partial charge in [-0.1, -0.05) is 12.5 Å². The van der Waals surface area contributed by atoms with Crippen LogP contribution >= 0.6 is 0 Å². The Bertz CT molecular complexity index is 465. The van der Waals surface area contributed by atoms with Crippen molar-refractivity contribution in [3.8, 4) is 11.5 Å². The number of rotatable bonds is 5. The number of benzene rings is 1. The fourth-order valence-corrected chi connectivity index (χ4v) is 3.31. The van der Waals surface area contributed by atoms with Gasteiger partial charge in [-0.05, 0) is 56.3 Å². The molecule has 0 radical (unpaired) electrons. The lowest BCUT2D eigenvalue weighted by molar-refractivity contribution is 0.00641. The maximum atomic E-state index is 6.14. The van der Waals surface area contributed by atoms with Crippen LogP contribution in [0.5, 0.6) is 11.5 Å². The van der Waals surface area contributed by atoms with Crippen LogP contribution in [0, 0.1) is 0 Å². The van der Waals surface area contributed by atoms with Crippen LogP contribution in [0.3, 0.4) is 0 Å². The molecular formula is C18H27NO3. The predicted octanol–water partition coefficient (Wildman–Crippen LogP) is 2.94. The minimum atomic E-state index is 0.144. The van der Waals surface area contributed by atoms with Crippen molar-refractivity contribution in [3.63, 3.8) is 0 Å². The first-order valence-electron chi connectivity index (χ1n) is 8.50. The molecule has 2 fully saturated rings. The van der Waals surface area contributed by atoms with Gasteiger partial charge >= 0.3 is 0 Å². The summed E-state index contributed by atoms with van der Waals surface area (Å²) in [6, 6.07) is 6.91. The van der Waals surface area contributed by atoms with Gasteiger partial charge in [-0.15, -0.1) is 0 Å². The lowest BCUT2D eigenvalue weighted by atomic mass is 9.97. The third-order valence-electron chi connectivity index (χ3n) is 4.53. The van der Waals surface area contributed by atoms with Crippen LogP contribution in [0.2, 0.25) is 0 Å². The Morgan fingerprint density at radius 2 is 2.14 bits per heavy atom. The monoisotopic (exact) mass is 305 g/mol. The van der Waals surface area contributed by atoms with Crippen molar-refractivity contribution < 1.29 is 14.2 Å². The second kappa shape index (κ2) is 7.84. The molecule has 4 nitrogen and oxygen atoms in total. The van der Waals surface area contributed by atoms with Crippen molar-refractivity contribution in [2.24, 2.45) is 0 Å². The van der Waals surface area contributed by atoms with E-state index in [9.17, 15) is 0 Å². The summed E-state index contributed by atoms with van der Waals surface area (Å²) in [7, 11) is 1.70. The van der Waals surface area contributed by atoms with Crippen molar-refractivity contribution in [2.45, 2.75) is 50.7 Å². The molecule has 2 unspecified atom stereocenters. The highest BCUT2D eigenvalue weighted by Gasteiger charge is 2.19. The molecule has 2 aliphatic heterocycles. The van der Waals surface area contributed by atoms with Gasteiger partial charge in [0, 0.05) is 12.6 Å². The summed E-state index contributed by atoms with van der Waals surface area (Å²) in [6.07, 6.45) is 7.22. The quantitative estimate of drug-likeness (QED) is 0.908. The fourth-order valence-electron chi connectivity index (χ4n) is 3.31. The zero-order valence-electron chi connectivity index (χ0n) is 13.5. The molecule has 0 aliphatic carbocycles. The second-order valence-electron chi connectivity index (χ2n) is 6.29. The average Bonchev–Trinajstić information content (AvgIpc) is 2.57. The van der Waals surface area contributed by atoms with Crippen molar-refractivity contribution >= 4 is 0 Å². The largest absolute Gasteiger partial charge is 0.493 e. The van der Waals surface area contributed by atoms with Crippen molar-refractivity contribution in [3.05, 3.63) is 23.8 Å². The molecule has 1 aromatic rings. The number of ether oxygens (including phenoxy) is 3. The maximum absolute atomic E-state index is 6.14. The highest BCUT2D eigenvalue weighted by Crippen LogP contribution is 2.31. The standard InChI is InChI=1S/C18H27NO3/c1-20-17-8-7-14(11-15-5-2-3-9-19-15)12-18(17)22-16-6-4-10-21-13-16/h7-8,12,15-16,19H,2-6,9-11,13H2,1H3. The second-order valence-corrected chi connectivity index (χ2v) is 6.29. The molecule has 2 heterocycles. The Kier molecular flexibility index (Phi) is 5.57. The summed E-state index contributed by atoms with van der Waals surface area (Å²) in [5, 5.41) is 3.60. The van der Waals surface area contributed by atoms with E-state index in [1.54, 1.807) is 7.11 Å². The third-order valence-corrected chi connectivity index (χ3v) is 4.53. The first-order chi connectivity index (χ1) is 10.8. The third kappa shape index (κ3) is 4.14. The van der Waals surface area contributed by atoms with E-state index >= 15 is 0 Å². The van der Waals surface area contributed by atoms with E-state index in [0.29, 0.717) is 12.6 Å². The molecular weight excluding hydrogens is 278 g/mol. The van der Waals surface area contributed by atoms with Gasteiger partial charge in [0.1, 0.15) is 6.10 Å². The molecule has 0 bridgehead atoms. The molecule has 122 valence electrons. The van der Waals surface area contributed by atoms with E-state index in [1.165, 1.54) is 24.8 Å². The zero-order chi connectivity index (χ0) is 15.2. The number of nitrogens with one attached hydrogen (secondary N) is 1. The zero-order valence-corrected chi connectivity index (χ0v) is 13.5. The van der Waals surface area contributed by atoms with Gasteiger partial charge in [0.2, 0.25) is 0 Å². The van der Waals surface area contributed by atoms with Crippen LogP contribution in [0.15, 0.2) is 18.2 Å². The summed E-state index contributed by atoms with van der Waals surface area (Å²) < 4.78 is 17.1. The summed E-state index contributed by atoms with van der Waals surface area (Å²) in [4.78, 5) is 0. The van der Waals surface area contributed by atoms with Gasteiger partial charge in [-0.25, -0.2) is 0 Å². The Balaban J connectivity index is 1.67. The molecule has 0 amide bonds. The normalized spacial score (nSPS) is 25.7. The SMILES string of the molecule is COc1ccc(CC2CCCCN2)cc1OC1CCCOC1. The number of methoxy groups -OCH3 is 1. The highest BCUT2D eigenvalue weighted by molar-refractivity contribution is 5.43. The first-order valence-corrected chi connectivity index (χ1v) is 8.50. The summed E-state index contributed by atoms with van der Waals surface area (Å²) >= 11 is 0. The lowest BCUT2D eigenvalue weighted by Gasteiger charge is -2.26. The minimum absolute atomic E-state index is 0.144. The molecule has 2 saturated heterocycles. The number of piperidine rings is 1. The van der Waals surface area contributed by atoms with Crippen LogP contribution < -0.4 is 14.8 Å². The molecule has 0 spiro atoms. The molecule has 4 heteroatoms. The molecule has 22 heavy (non-hydrogen) atoms. The Hall–Kier alpha value is -1.26. The highest BCUT2D eigenvalue weighted by atomic mass is 16.5. The van der Waals surface area contributed by atoms with Crippen LogP contribution in [-0.2, 0) is 11.2 Å². The van der Waals surface area contributed by atoms with Gasteiger partial charge < -0.3 is 19.5 Å².